The number of nitrogens with one attached hydrogen (secondary N) is 2. The maximum Gasteiger partial charge on any atom is 0.243 e. The number of hydrogen-bond acceptors (Lipinski definition) is 9. The van der Waals surface area contributed by atoms with Crippen molar-refractivity contribution in [2.75, 3.05) is 36.0 Å². The third kappa shape index (κ3) is 6.56. The smallest absolute Gasteiger partial charge is 0.243 e. The summed E-state index contributed by atoms with van der Waals surface area (Å²) < 4.78 is 34.1. The molecule has 1 aliphatic rings. The summed E-state index contributed by atoms with van der Waals surface area (Å²) in [4.78, 5) is 12.8. The second-order valence-electron chi connectivity index (χ2n) is 7.53. The first-order valence-electron chi connectivity index (χ1n) is 10.6. The van der Waals surface area contributed by atoms with Crippen LogP contribution in [0.1, 0.15) is 40.0 Å². The van der Waals surface area contributed by atoms with E-state index >= 15 is 0 Å². The molecule has 0 unspecified atom stereocenters. The molecule has 1 fully saturated rings. The van der Waals surface area contributed by atoms with E-state index in [0.717, 1.165) is 25.8 Å². The van der Waals surface area contributed by atoms with Gasteiger partial charge in [-0.05, 0) is 51.8 Å². The zero-order valence-corrected chi connectivity index (χ0v) is 20.9. The van der Waals surface area contributed by atoms with Gasteiger partial charge in [0.25, 0.3) is 0 Å². The summed E-state index contributed by atoms with van der Waals surface area (Å²) in [6.45, 7) is 7.49. The molecule has 9 nitrogen and oxygen atoms in total. The highest BCUT2D eigenvalue weighted by Gasteiger charge is 2.27. The summed E-state index contributed by atoms with van der Waals surface area (Å²) in [5, 5.41) is 14.7. The first-order valence-corrected chi connectivity index (χ1v) is 13.8. The summed E-state index contributed by atoms with van der Waals surface area (Å²) in [6.07, 6.45) is 2.62. The number of ether oxygens (including phenoxy) is 1. The molecule has 0 spiro atoms. The van der Waals surface area contributed by atoms with Gasteiger partial charge in [0.05, 0.1) is 22.4 Å². The van der Waals surface area contributed by atoms with Crippen LogP contribution >= 0.6 is 23.1 Å². The molecule has 3 rings (SSSR count). The van der Waals surface area contributed by atoms with Crippen molar-refractivity contribution >= 4 is 49.8 Å². The number of benzene rings is 1. The molecular formula is C20H29N5O4S3. The zero-order valence-electron chi connectivity index (χ0n) is 18.5. The van der Waals surface area contributed by atoms with Crippen LogP contribution in [-0.2, 0) is 14.8 Å². The lowest BCUT2D eigenvalue weighted by Crippen LogP contribution is -2.35. The van der Waals surface area contributed by atoms with Gasteiger partial charge < -0.3 is 15.4 Å². The van der Waals surface area contributed by atoms with Crippen LogP contribution in [0.5, 0.6) is 5.75 Å². The number of carbonyl (C=O) groups excluding carboxylic acids is 1. The topological polar surface area (TPSA) is 114 Å². The molecule has 32 heavy (non-hydrogen) atoms. The van der Waals surface area contributed by atoms with Gasteiger partial charge in [0.1, 0.15) is 5.75 Å². The summed E-state index contributed by atoms with van der Waals surface area (Å²) in [6, 6.07) is 4.63. The summed E-state index contributed by atoms with van der Waals surface area (Å²) >= 11 is 2.65. The first-order chi connectivity index (χ1) is 15.3. The number of nitrogens with zero attached hydrogens (tertiary/aromatic N) is 3. The summed E-state index contributed by atoms with van der Waals surface area (Å²) in [5.41, 5.74) is 0.341. The molecule has 2 N–H and O–H groups in total. The van der Waals surface area contributed by atoms with Gasteiger partial charge in [-0.25, -0.2) is 8.42 Å². The van der Waals surface area contributed by atoms with Gasteiger partial charge in [-0.2, -0.15) is 4.31 Å². The Balaban J connectivity index is 1.74. The Morgan fingerprint density at radius 3 is 2.69 bits per heavy atom. The van der Waals surface area contributed by atoms with Crippen LogP contribution in [0.2, 0.25) is 0 Å². The number of amides is 1. The van der Waals surface area contributed by atoms with Gasteiger partial charge in [-0.15, -0.1) is 10.2 Å². The maximum absolute atomic E-state index is 13.1. The lowest BCUT2D eigenvalue weighted by Gasteiger charge is -2.26. The fourth-order valence-electron chi connectivity index (χ4n) is 3.18. The van der Waals surface area contributed by atoms with Crippen LogP contribution < -0.4 is 15.4 Å². The monoisotopic (exact) mass is 499 g/mol. The Labute approximate surface area is 197 Å². The van der Waals surface area contributed by atoms with E-state index in [1.54, 1.807) is 6.07 Å². The number of sulfonamides is 1. The van der Waals surface area contributed by atoms with Crippen molar-refractivity contribution in [3.63, 3.8) is 0 Å². The predicted octanol–water partition coefficient (Wildman–Crippen LogP) is 3.66. The average molecular weight is 500 g/mol. The molecule has 1 aliphatic heterocycles. The van der Waals surface area contributed by atoms with Crippen LogP contribution in [0.15, 0.2) is 27.4 Å². The number of anilines is 2. The van der Waals surface area contributed by atoms with Crippen molar-refractivity contribution in [1.82, 2.24) is 14.5 Å². The molecule has 0 saturated carbocycles. The van der Waals surface area contributed by atoms with Crippen molar-refractivity contribution < 1.29 is 17.9 Å². The molecule has 2 heterocycles. The van der Waals surface area contributed by atoms with E-state index in [1.165, 1.54) is 39.5 Å². The summed E-state index contributed by atoms with van der Waals surface area (Å²) in [5.74, 6) is 0.267. The standard InChI is InChI=1S/C20H29N5O4S3/c1-4-21-19-23-24-20(31-19)30-13-18(26)22-16-12-15(8-9-17(16)29-14(2)3)32(27,28)25-10-6-5-7-11-25/h8-9,12,14H,4-7,10-11,13H2,1-3H3,(H,21,23)(H,22,26). The zero-order chi connectivity index (χ0) is 23.1. The van der Waals surface area contributed by atoms with Crippen molar-refractivity contribution in [3.05, 3.63) is 18.2 Å². The highest BCUT2D eigenvalue weighted by atomic mass is 32.2. The molecule has 1 saturated heterocycles. The lowest BCUT2D eigenvalue weighted by molar-refractivity contribution is -0.113. The molecule has 1 amide bonds. The molecule has 2 aromatic rings. The normalized spacial score (nSPS) is 15.0. The number of carbonyl (C=O) groups is 1. The molecule has 0 radical (unpaired) electrons. The van der Waals surface area contributed by atoms with E-state index in [-0.39, 0.29) is 22.7 Å². The average Bonchev–Trinajstić information content (AvgIpc) is 3.21. The Hall–Kier alpha value is -1.89. The Morgan fingerprint density at radius 1 is 1.25 bits per heavy atom. The van der Waals surface area contributed by atoms with Crippen LogP contribution in [0.3, 0.4) is 0 Å². The van der Waals surface area contributed by atoms with Crippen LogP contribution in [0.25, 0.3) is 0 Å². The van der Waals surface area contributed by atoms with E-state index in [9.17, 15) is 13.2 Å². The van der Waals surface area contributed by atoms with Crippen LogP contribution in [0, 0.1) is 0 Å². The second kappa shape index (κ2) is 11.3. The minimum Gasteiger partial charge on any atom is -0.489 e. The number of rotatable bonds is 10. The number of aromatic nitrogens is 2. The first kappa shape index (κ1) is 24.7. The van der Waals surface area contributed by atoms with Crippen molar-refractivity contribution in [3.8, 4) is 5.75 Å². The van der Waals surface area contributed by atoms with E-state index in [2.05, 4.69) is 20.8 Å². The van der Waals surface area contributed by atoms with Crippen molar-refractivity contribution in [2.45, 2.75) is 55.4 Å². The highest BCUT2D eigenvalue weighted by Crippen LogP contribution is 2.32. The third-order valence-electron chi connectivity index (χ3n) is 4.60. The predicted molar refractivity (Wildman–Crippen MR) is 128 cm³/mol. The van der Waals surface area contributed by atoms with Gasteiger partial charge >= 0.3 is 0 Å². The van der Waals surface area contributed by atoms with Crippen molar-refractivity contribution in [1.29, 1.82) is 0 Å². The van der Waals surface area contributed by atoms with E-state index < -0.39 is 10.0 Å². The molecule has 176 valence electrons. The number of hydrogen-bond donors (Lipinski definition) is 2. The molecule has 1 aromatic heterocycles. The third-order valence-corrected chi connectivity index (χ3v) is 8.51. The Kier molecular flexibility index (Phi) is 8.74. The molecule has 0 aliphatic carbocycles. The Morgan fingerprint density at radius 2 is 2.00 bits per heavy atom. The quantitative estimate of drug-likeness (QED) is 0.476. The molecular weight excluding hydrogens is 470 g/mol. The number of piperidine rings is 1. The summed E-state index contributed by atoms with van der Waals surface area (Å²) in [7, 11) is -3.63. The largest absolute Gasteiger partial charge is 0.489 e. The SMILES string of the molecule is CCNc1nnc(SCC(=O)Nc2cc(S(=O)(=O)N3CCCCC3)ccc2OC(C)C)s1. The van der Waals surface area contributed by atoms with E-state index in [1.807, 2.05) is 20.8 Å². The minimum atomic E-state index is -3.63. The fourth-order valence-corrected chi connectivity index (χ4v) is 6.35. The fraction of sp³-hybridized carbons (Fsp3) is 0.550. The van der Waals surface area contributed by atoms with Gasteiger partial charge in [-0.1, -0.05) is 29.5 Å². The second-order valence-corrected chi connectivity index (χ2v) is 11.7. The molecule has 0 atom stereocenters. The number of thioether (sulfide) groups is 1. The Bertz CT molecular complexity index is 1020. The van der Waals surface area contributed by atoms with Gasteiger partial charge in [-0.3, -0.25) is 4.79 Å². The van der Waals surface area contributed by atoms with Gasteiger partial charge in [0, 0.05) is 19.6 Å². The molecule has 1 aromatic carbocycles. The van der Waals surface area contributed by atoms with Crippen LogP contribution in [0.4, 0.5) is 10.8 Å². The van der Waals surface area contributed by atoms with Crippen molar-refractivity contribution in [2.24, 2.45) is 0 Å². The highest BCUT2D eigenvalue weighted by molar-refractivity contribution is 8.01. The van der Waals surface area contributed by atoms with Gasteiger partial charge in [0.15, 0.2) is 4.34 Å². The van der Waals surface area contributed by atoms with E-state index in [0.29, 0.717) is 34.0 Å². The lowest BCUT2D eigenvalue weighted by atomic mass is 10.2. The van der Waals surface area contributed by atoms with Crippen LogP contribution in [-0.4, -0.2) is 60.3 Å². The van der Waals surface area contributed by atoms with E-state index in [4.69, 9.17) is 4.74 Å². The molecule has 12 heteroatoms. The molecule has 0 bridgehead atoms. The maximum atomic E-state index is 13.1. The van der Waals surface area contributed by atoms with Gasteiger partial charge in [0.2, 0.25) is 21.1 Å². The minimum absolute atomic E-state index is 0.116.